The fraction of sp³-hybridized carbons (Fsp3) is 0.933. The molecule has 0 spiro atoms. The predicted molar refractivity (Wildman–Crippen MR) is 91.2 cm³/mol. The molecule has 20 heavy (non-hydrogen) atoms. The first kappa shape index (κ1) is 20.3. The second kappa shape index (κ2) is 13.0. The van der Waals surface area contributed by atoms with Gasteiger partial charge in [0.2, 0.25) is 6.69 Å². The van der Waals surface area contributed by atoms with Crippen LogP contribution in [0, 0.1) is 0 Å². The average Bonchev–Trinajstić information content (AvgIpc) is 2.33. The standard InChI is InChI=1S/C15H30Cl2O2Si/c1-20(16,17)14-12-10-8-6-4-2-3-5-7-9-11-13-15(18)19/h2-14H2,1H3,(H,18,19). The molecule has 0 aliphatic carbocycles. The van der Waals surface area contributed by atoms with Gasteiger partial charge < -0.3 is 5.11 Å². The van der Waals surface area contributed by atoms with Gasteiger partial charge in [-0.05, 0) is 19.0 Å². The number of carboxylic acids is 1. The minimum absolute atomic E-state index is 0.326. The number of halogens is 2. The Morgan fingerprint density at radius 3 is 1.50 bits per heavy atom. The van der Waals surface area contributed by atoms with Crippen molar-refractivity contribution >= 4 is 34.8 Å². The van der Waals surface area contributed by atoms with E-state index in [0.717, 1.165) is 18.9 Å². The summed E-state index contributed by atoms with van der Waals surface area (Å²) in [5, 5.41) is 8.51. The topological polar surface area (TPSA) is 37.3 Å². The lowest BCUT2D eigenvalue weighted by Gasteiger charge is -2.09. The highest BCUT2D eigenvalue weighted by Gasteiger charge is 2.19. The normalized spacial score (nSPS) is 11.8. The van der Waals surface area contributed by atoms with Gasteiger partial charge in [0, 0.05) is 6.42 Å². The van der Waals surface area contributed by atoms with Gasteiger partial charge in [-0.1, -0.05) is 64.2 Å². The molecule has 0 aliphatic heterocycles. The predicted octanol–water partition coefficient (Wildman–Crippen LogP) is 6.30. The van der Waals surface area contributed by atoms with Crippen LogP contribution in [0.25, 0.3) is 0 Å². The van der Waals surface area contributed by atoms with E-state index in [9.17, 15) is 4.79 Å². The first-order valence-corrected chi connectivity index (χ1v) is 12.7. The van der Waals surface area contributed by atoms with Crippen molar-refractivity contribution in [3.8, 4) is 0 Å². The Bertz CT molecular complexity index is 243. The van der Waals surface area contributed by atoms with Crippen molar-refractivity contribution in [1.82, 2.24) is 0 Å². The van der Waals surface area contributed by atoms with Crippen LogP contribution in [0.5, 0.6) is 0 Å². The molecule has 120 valence electrons. The minimum Gasteiger partial charge on any atom is -0.481 e. The van der Waals surface area contributed by atoms with Crippen LogP contribution in [0.3, 0.4) is 0 Å². The molecule has 2 nitrogen and oxygen atoms in total. The van der Waals surface area contributed by atoms with Crippen molar-refractivity contribution in [2.45, 2.75) is 89.6 Å². The van der Waals surface area contributed by atoms with Crippen LogP contribution in [-0.4, -0.2) is 17.8 Å². The third kappa shape index (κ3) is 18.3. The van der Waals surface area contributed by atoms with Crippen LogP contribution in [-0.2, 0) is 4.79 Å². The van der Waals surface area contributed by atoms with Gasteiger partial charge in [0.05, 0.1) is 0 Å². The number of rotatable bonds is 14. The lowest BCUT2D eigenvalue weighted by atomic mass is 10.1. The maximum Gasteiger partial charge on any atom is 0.303 e. The molecule has 0 rings (SSSR count). The van der Waals surface area contributed by atoms with Crippen molar-refractivity contribution in [2.24, 2.45) is 0 Å². The molecular formula is C15H30Cl2O2Si. The summed E-state index contributed by atoms with van der Waals surface area (Å²) in [7, 11) is 0. The quantitative estimate of drug-likeness (QED) is 0.229. The molecular weight excluding hydrogens is 311 g/mol. The van der Waals surface area contributed by atoms with E-state index >= 15 is 0 Å². The van der Waals surface area contributed by atoms with Gasteiger partial charge in [0.1, 0.15) is 0 Å². The summed E-state index contributed by atoms with van der Waals surface area (Å²) in [5.74, 6) is -0.670. The summed E-state index contributed by atoms with van der Waals surface area (Å²) in [6.45, 7) is 0.139. The molecule has 0 atom stereocenters. The number of carboxylic acid groups (broad SMARTS) is 1. The zero-order valence-corrected chi connectivity index (χ0v) is 15.3. The second-order valence-corrected chi connectivity index (χ2v) is 14.1. The minimum atomic E-state index is -1.85. The highest BCUT2D eigenvalue weighted by Crippen LogP contribution is 2.23. The third-order valence-corrected chi connectivity index (χ3v) is 5.87. The molecule has 0 saturated carbocycles. The van der Waals surface area contributed by atoms with Gasteiger partial charge in [-0.25, -0.2) is 0 Å². The maximum absolute atomic E-state index is 10.3. The van der Waals surface area contributed by atoms with E-state index in [2.05, 4.69) is 0 Å². The Balaban J connectivity index is 3.05. The van der Waals surface area contributed by atoms with Crippen molar-refractivity contribution < 1.29 is 9.90 Å². The van der Waals surface area contributed by atoms with Crippen LogP contribution >= 0.6 is 22.2 Å². The highest BCUT2D eigenvalue weighted by atomic mass is 35.7. The molecule has 0 amide bonds. The molecule has 0 radical (unpaired) electrons. The fourth-order valence-electron chi connectivity index (χ4n) is 2.30. The Kier molecular flexibility index (Phi) is 13.1. The zero-order valence-electron chi connectivity index (χ0n) is 12.8. The first-order chi connectivity index (χ1) is 9.42. The van der Waals surface area contributed by atoms with Gasteiger partial charge in [0.15, 0.2) is 0 Å². The average molecular weight is 341 g/mol. The van der Waals surface area contributed by atoms with E-state index in [-0.39, 0.29) is 0 Å². The van der Waals surface area contributed by atoms with Crippen molar-refractivity contribution in [2.75, 3.05) is 0 Å². The van der Waals surface area contributed by atoms with Crippen molar-refractivity contribution in [3.63, 3.8) is 0 Å². The molecule has 0 unspecified atom stereocenters. The molecule has 0 aromatic heterocycles. The van der Waals surface area contributed by atoms with Gasteiger partial charge in [-0.3, -0.25) is 4.79 Å². The summed E-state index contributed by atoms with van der Waals surface area (Å²) in [6.07, 6.45) is 13.7. The van der Waals surface area contributed by atoms with Crippen molar-refractivity contribution in [1.29, 1.82) is 0 Å². The number of unbranched alkanes of at least 4 members (excludes halogenated alkanes) is 10. The van der Waals surface area contributed by atoms with Crippen LogP contribution in [0.1, 0.15) is 77.0 Å². The molecule has 5 heteroatoms. The Morgan fingerprint density at radius 2 is 1.15 bits per heavy atom. The van der Waals surface area contributed by atoms with Gasteiger partial charge in [-0.15, -0.1) is 22.2 Å². The Labute approximate surface area is 134 Å². The molecule has 0 aromatic rings. The first-order valence-electron chi connectivity index (χ1n) is 8.01. The van der Waals surface area contributed by atoms with Crippen LogP contribution in [0.15, 0.2) is 0 Å². The Hall–Kier alpha value is 0.267. The zero-order chi connectivity index (χ0) is 15.3. The van der Waals surface area contributed by atoms with Crippen molar-refractivity contribution in [3.05, 3.63) is 0 Å². The summed E-state index contributed by atoms with van der Waals surface area (Å²) in [4.78, 5) is 10.3. The molecule has 0 heterocycles. The maximum atomic E-state index is 10.3. The van der Waals surface area contributed by atoms with Crippen LogP contribution < -0.4 is 0 Å². The van der Waals surface area contributed by atoms with Gasteiger partial charge in [-0.2, -0.15) is 0 Å². The SMILES string of the molecule is C[Si](Cl)(Cl)CCCCCCCCCCCCCC(=O)O. The van der Waals surface area contributed by atoms with E-state index in [1.54, 1.807) is 0 Å². The molecule has 1 N–H and O–H groups in total. The largest absolute Gasteiger partial charge is 0.481 e. The third-order valence-electron chi connectivity index (χ3n) is 3.51. The van der Waals surface area contributed by atoms with Crippen LogP contribution in [0.4, 0.5) is 0 Å². The van der Waals surface area contributed by atoms with Crippen LogP contribution in [0.2, 0.25) is 12.6 Å². The van der Waals surface area contributed by atoms with E-state index in [0.29, 0.717) is 6.42 Å². The summed E-state index contributed by atoms with van der Waals surface area (Å²) in [6, 6.07) is 1.02. The summed E-state index contributed by atoms with van der Waals surface area (Å²) in [5.41, 5.74) is 0. The molecule has 0 fully saturated rings. The van der Waals surface area contributed by atoms with E-state index in [1.165, 1.54) is 57.8 Å². The number of hydrogen-bond donors (Lipinski definition) is 1. The van der Waals surface area contributed by atoms with Gasteiger partial charge >= 0.3 is 5.97 Å². The number of carbonyl (C=O) groups is 1. The van der Waals surface area contributed by atoms with E-state index in [4.69, 9.17) is 27.3 Å². The lowest BCUT2D eigenvalue weighted by Crippen LogP contribution is -2.11. The smallest absolute Gasteiger partial charge is 0.303 e. The molecule has 0 saturated heterocycles. The Morgan fingerprint density at radius 1 is 0.800 bits per heavy atom. The van der Waals surface area contributed by atoms with E-state index < -0.39 is 12.7 Å². The second-order valence-electron chi connectivity index (χ2n) is 5.85. The lowest BCUT2D eigenvalue weighted by molar-refractivity contribution is -0.137. The fourth-order valence-corrected chi connectivity index (χ4v) is 3.98. The monoisotopic (exact) mass is 340 g/mol. The molecule has 0 bridgehead atoms. The summed E-state index contributed by atoms with van der Waals surface area (Å²) >= 11 is 12.1. The summed E-state index contributed by atoms with van der Waals surface area (Å²) < 4.78 is 0. The number of hydrogen-bond acceptors (Lipinski definition) is 1. The highest BCUT2D eigenvalue weighted by molar-refractivity contribution is 7.44. The number of aliphatic carboxylic acids is 1. The van der Waals surface area contributed by atoms with E-state index in [1.807, 2.05) is 6.55 Å². The molecule has 0 aliphatic rings. The molecule has 0 aromatic carbocycles. The van der Waals surface area contributed by atoms with Gasteiger partial charge in [0.25, 0.3) is 0 Å².